The van der Waals surface area contributed by atoms with Crippen molar-refractivity contribution in [2.24, 2.45) is 0 Å². The number of nitrogens with one attached hydrogen (secondary N) is 1. The Kier molecular flexibility index (Phi) is 7.74. The highest BCUT2D eigenvalue weighted by atomic mass is 19.2. The van der Waals surface area contributed by atoms with Crippen molar-refractivity contribution in [2.75, 3.05) is 7.11 Å². The lowest BCUT2D eigenvalue weighted by Gasteiger charge is -2.30. The molecule has 0 radical (unpaired) electrons. The van der Waals surface area contributed by atoms with Gasteiger partial charge in [-0.3, -0.25) is 19.0 Å². The number of hydrogen-bond donors (Lipinski definition) is 1. The van der Waals surface area contributed by atoms with E-state index >= 15 is 0 Å². The van der Waals surface area contributed by atoms with Gasteiger partial charge in [0.2, 0.25) is 5.91 Å². The SMILES string of the molecule is COC(=O)CCCC(=O)NC1CCC(n2c(=O)c3cc(F)cnc3n(-c3ccc(F)c(F)c3)c2=O)CC1. The van der Waals surface area contributed by atoms with Crippen molar-refractivity contribution in [3.8, 4) is 5.69 Å². The second kappa shape index (κ2) is 11.0. The molecule has 0 spiro atoms. The number of rotatable bonds is 7. The maximum Gasteiger partial charge on any atom is 0.337 e. The fraction of sp³-hybridized carbons (Fsp3) is 0.400. The topological polar surface area (TPSA) is 112 Å². The Morgan fingerprint density at radius 2 is 1.78 bits per heavy atom. The van der Waals surface area contributed by atoms with Gasteiger partial charge < -0.3 is 10.1 Å². The van der Waals surface area contributed by atoms with Gasteiger partial charge in [-0.05, 0) is 50.3 Å². The zero-order valence-corrected chi connectivity index (χ0v) is 20.0. The molecule has 1 amide bonds. The highest BCUT2D eigenvalue weighted by Crippen LogP contribution is 2.27. The summed E-state index contributed by atoms with van der Waals surface area (Å²) in [6, 6.07) is 3.05. The van der Waals surface area contributed by atoms with E-state index in [1.165, 1.54) is 13.2 Å². The van der Waals surface area contributed by atoms with Crippen LogP contribution in [0.15, 0.2) is 40.1 Å². The normalized spacial score (nSPS) is 17.5. The first kappa shape index (κ1) is 26.1. The molecule has 1 fully saturated rings. The van der Waals surface area contributed by atoms with Crippen molar-refractivity contribution in [3.63, 3.8) is 0 Å². The molecule has 0 atom stereocenters. The van der Waals surface area contributed by atoms with E-state index in [1.54, 1.807) is 0 Å². The molecule has 0 unspecified atom stereocenters. The molecule has 1 aromatic carbocycles. The highest BCUT2D eigenvalue weighted by Gasteiger charge is 2.28. The fourth-order valence-electron chi connectivity index (χ4n) is 4.63. The van der Waals surface area contributed by atoms with Gasteiger partial charge in [-0.1, -0.05) is 0 Å². The molecule has 1 N–H and O–H groups in total. The van der Waals surface area contributed by atoms with E-state index in [1.807, 2.05) is 0 Å². The molecule has 1 aliphatic carbocycles. The lowest BCUT2D eigenvalue weighted by atomic mass is 9.90. The van der Waals surface area contributed by atoms with Gasteiger partial charge >= 0.3 is 11.7 Å². The van der Waals surface area contributed by atoms with Crippen molar-refractivity contribution in [2.45, 2.75) is 57.0 Å². The zero-order chi connectivity index (χ0) is 26.7. The van der Waals surface area contributed by atoms with Crippen LogP contribution >= 0.6 is 0 Å². The van der Waals surface area contributed by atoms with E-state index in [9.17, 15) is 32.3 Å². The van der Waals surface area contributed by atoms with Gasteiger partial charge in [0, 0.05) is 31.0 Å². The van der Waals surface area contributed by atoms with Crippen molar-refractivity contribution in [1.29, 1.82) is 0 Å². The number of carbonyl (C=O) groups excluding carboxylic acids is 2. The van der Waals surface area contributed by atoms with Crippen molar-refractivity contribution in [1.82, 2.24) is 19.4 Å². The molecule has 2 heterocycles. The zero-order valence-electron chi connectivity index (χ0n) is 20.0. The number of halogens is 3. The molecule has 12 heteroatoms. The van der Waals surface area contributed by atoms with Gasteiger partial charge in [0.15, 0.2) is 17.3 Å². The molecule has 37 heavy (non-hydrogen) atoms. The van der Waals surface area contributed by atoms with Crippen LogP contribution in [0.5, 0.6) is 0 Å². The molecular weight excluding hydrogens is 493 g/mol. The molecule has 1 saturated carbocycles. The number of amides is 1. The Bertz CT molecular complexity index is 1460. The monoisotopic (exact) mass is 518 g/mol. The van der Waals surface area contributed by atoms with E-state index in [2.05, 4.69) is 15.0 Å². The van der Waals surface area contributed by atoms with Crippen molar-refractivity contribution >= 4 is 22.9 Å². The largest absolute Gasteiger partial charge is 0.469 e. The van der Waals surface area contributed by atoms with Gasteiger partial charge in [0.05, 0.1) is 24.4 Å². The van der Waals surface area contributed by atoms with Crippen LogP contribution in [-0.2, 0) is 14.3 Å². The minimum absolute atomic E-state index is 0.0605. The van der Waals surface area contributed by atoms with Crippen LogP contribution in [0.25, 0.3) is 16.7 Å². The number of carbonyl (C=O) groups is 2. The average molecular weight is 518 g/mol. The van der Waals surface area contributed by atoms with Gasteiger partial charge in [0.25, 0.3) is 5.56 Å². The number of methoxy groups -OCH3 is 1. The lowest BCUT2D eigenvalue weighted by molar-refractivity contribution is -0.140. The third-order valence-electron chi connectivity index (χ3n) is 6.49. The number of esters is 1. The summed E-state index contributed by atoms with van der Waals surface area (Å²) in [5.41, 5.74) is -1.78. The molecule has 2 aromatic heterocycles. The molecule has 1 aliphatic rings. The van der Waals surface area contributed by atoms with Crippen LogP contribution in [0.4, 0.5) is 13.2 Å². The van der Waals surface area contributed by atoms with Crippen LogP contribution in [0.3, 0.4) is 0 Å². The van der Waals surface area contributed by atoms with E-state index in [4.69, 9.17) is 0 Å². The average Bonchev–Trinajstić information content (AvgIpc) is 2.87. The third kappa shape index (κ3) is 5.57. The Labute approximate surface area is 208 Å². The summed E-state index contributed by atoms with van der Waals surface area (Å²) in [4.78, 5) is 54.0. The standard InChI is InChI=1S/C25H25F3N4O5/c1-37-22(34)4-2-3-21(33)30-15-5-7-16(8-6-15)32-24(35)18-11-14(26)13-29-23(18)31(25(32)36)17-9-10-19(27)20(28)12-17/h9-13,15-16H,2-8H2,1H3,(H,30,33). The third-order valence-corrected chi connectivity index (χ3v) is 6.49. The summed E-state index contributed by atoms with van der Waals surface area (Å²) in [5, 5.41) is 2.72. The smallest absolute Gasteiger partial charge is 0.337 e. The minimum Gasteiger partial charge on any atom is -0.469 e. The predicted octanol–water partition coefficient (Wildman–Crippen LogP) is 2.91. The Morgan fingerprint density at radius 1 is 1.05 bits per heavy atom. The van der Waals surface area contributed by atoms with Gasteiger partial charge in [-0.15, -0.1) is 0 Å². The number of ether oxygens (including phenoxy) is 1. The molecule has 0 aliphatic heterocycles. The van der Waals surface area contributed by atoms with Crippen molar-refractivity contribution in [3.05, 3.63) is 68.8 Å². The Morgan fingerprint density at radius 3 is 2.46 bits per heavy atom. The van der Waals surface area contributed by atoms with Crippen LogP contribution in [0.2, 0.25) is 0 Å². The first-order valence-corrected chi connectivity index (χ1v) is 11.8. The summed E-state index contributed by atoms with van der Waals surface area (Å²) in [6.45, 7) is 0. The lowest BCUT2D eigenvalue weighted by Crippen LogP contribution is -2.45. The highest BCUT2D eigenvalue weighted by molar-refractivity contribution is 5.77. The van der Waals surface area contributed by atoms with E-state index in [0.29, 0.717) is 32.1 Å². The van der Waals surface area contributed by atoms with Gasteiger partial charge in [-0.25, -0.2) is 27.5 Å². The van der Waals surface area contributed by atoms with Crippen LogP contribution in [-0.4, -0.2) is 39.1 Å². The van der Waals surface area contributed by atoms with Gasteiger partial charge in [0.1, 0.15) is 5.82 Å². The summed E-state index contributed by atoms with van der Waals surface area (Å²) in [7, 11) is 1.28. The maximum absolute atomic E-state index is 14.0. The first-order chi connectivity index (χ1) is 17.7. The minimum atomic E-state index is -1.19. The summed E-state index contributed by atoms with van der Waals surface area (Å²) in [5.74, 6) is -3.69. The molecule has 0 saturated heterocycles. The Balaban J connectivity index is 1.59. The quantitative estimate of drug-likeness (QED) is 0.482. The first-order valence-electron chi connectivity index (χ1n) is 11.8. The molecule has 196 valence electrons. The van der Waals surface area contributed by atoms with Gasteiger partial charge in [-0.2, -0.15) is 0 Å². The number of nitrogens with zero attached hydrogens (tertiary/aromatic N) is 3. The predicted molar refractivity (Wildman–Crippen MR) is 127 cm³/mol. The second-order valence-electron chi connectivity index (χ2n) is 8.92. The molecule has 9 nitrogen and oxygen atoms in total. The second-order valence-corrected chi connectivity index (χ2v) is 8.92. The van der Waals surface area contributed by atoms with E-state index < -0.39 is 40.7 Å². The van der Waals surface area contributed by atoms with Crippen molar-refractivity contribution < 1.29 is 27.5 Å². The van der Waals surface area contributed by atoms with Crippen LogP contribution in [0.1, 0.15) is 51.0 Å². The van der Waals surface area contributed by atoms with E-state index in [-0.39, 0.29) is 41.5 Å². The maximum atomic E-state index is 14.0. The summed E-state index contributed by atoms with van der Waals surface area (Å²) < 4.78 is 48.0. The number of hydrogen-bond acceptors (Lipinski definition) is 6. The number of pyridine rings is 1. The number of aromatic nitrogens is 3. The van der Waals surface area contributed by atoms with Crippen LogP contribution in [0, 0.1) is 17.5 Å². The Hall–Kier alpha value is -3.96. The fourth-order valence-corrected chi connectivity index (χ4v) is 4.63. The number of benzene rings is 1. The summed E-state index contributed by atoms with van der Waals surface area (Å²) >= 11 is 0. The summed E-state index contributed by atoms with van der Waals surface area (Å²) in [6.07, 6.45) is 3.18. The molecule has 4 rings (SSSR count). The van der Waals surface area contributed by atoms with Crippen LogP contribution < -0.4 is 16.6 Å². The molecule has 0 bridgehead atoms. The number of fused-ring (bicyclic) bond motifs is 1. The molecular formula is C25H25F3N4O5. The van der Waals surface area contributed by atoms with E-state index in [0.717, 1.165) is 33.5 Å². The molecule has 3 aromatic rings.